The largest absolute Gasteiger partial charge is 0.320 e. The van der Waals surface area contributed by atoms with E-state index in [1.807, 2.05) is 6.07 Å². The van der Waals surface area contributed by atoms with Crippen molar-refractivity contribution >= 4 is 22.9 Å². The first-order chi connectivity index (χ1) is 8.79. The van der Waals surface area contributed by atoms with Crippen LogP contribution in [0.3, 0.4) is 0 Å². The van der Waals surface area contributed by atoms with Gasteiger partial charge in [-0.15, -0.1) is 11.3 Å². The Morgan fingerprint density at radius 2 is 1.89 bits per heavy atom. The molecule has 1 nitrogen and oxygen atoms in total. The van der Waals surface area contributed by atoms with Crippen molar-refractivity contribution in [3.63, 3.8) is 0 Å². The molecule has 1 atom stereocenters. The van der Waals surface area contributed by atoms with Crippen molar-refractivity contribution in [2.24, 2.45) is 5.73 Å². The SMILES string of the molecule is CC(C)(C)c1ccc(C(N)c2ccc(F)c(Cl)c2)s1. The smallest absolute Gasteiger partial charge is 0.141 e. The number of hydrogen-bond donors (Lipinski definition) is 1. The number of thiophene rings is 1. The van der Waals surface area contributed by atoms with Crippen LogP contribution in [-0.4, -0.2) is 0 Å². The molecule has 0 amide bonds. The molecule has 1 aromatic carbocycles. The zero-order chi connectivity index (χ0) is 14.2. The normalized spacial score (nSPS) is 13.6. The quantitative estimate of drug-likeness (QED) is 0.839. The van der Waals surface area contributed by atoms with Gasteiger partial charge in [0.1, 0.15) is 5.82 Å². The summed E-state index contributed by atoms with van der Waals surface area (Å²) in [4.78, 5) is 2.35. The van der Waals surface area contributed by atoms with E-state index >= 15 is 0 Å². The van der Waals surface area contributed by atoms with Gasteiger partial charge in [0.05, 0.1) is 11.1 Å². The summed E-state index contributed by atoms with van der Waals surface area (Å²) in [5.41, 5.74) is 7.16. The molecule has 19 heavy (non-hydrogen) atoms. The fraction of sp³-hybridized carbons (Fsp3) is 0.333. The molecule has 0 radical (unpaired) electrons. The Morgan fingerprint density at radius 3 is 2.42 bits per heavy atom. The van der Waals surface area contributed by atoms with Gasteiger partial charge in [-0.1, -0.05) is 38.4 Å². The first kappa shape index (κ1) is 14.5. The molecule has 4 heteroatoms. The molecule has 2 aromatic rings. The summed E-state index contributed by atoms with van der Waals surface area (Å²) in [6, 6.07) is 8.51. The molecule has 0 aliphatic rings. The van der Waals surface area contributed by atoms with Gasteiger partial charge in [0.2, 0.25) is 0 Å². The van der Waals surface area contributed by atoms with Gasteiger partial charge >= 0.3 is 0 Å². The van der Waals surface area contributed by atoms with E-state index in [1.54, 1.807) is 23.5 Å². The molecule has 0 aliphatic heterocycles. The fourth-order valence-corrected chi connectivity index (χ4v) is 3.08. The van der Waals surface area contributed by atoms with Crippen molar-refractivity contribution in [3.05, 3.63) is 56.5 Å². The van der Waals surface area contributed by atoms with Gasteiger partial charge in [-0.05, 0) is 35.2 Å². The third-order valence-corrected chi connectivity index (χ3v) is 4.86. The van der Waals surface area contributed by atoms with E-state index in [1.165, 1.54) is 10.9 Å². The highest BCUT2D eigenvalue weighted by Crippen LogP contribution is 2.34. The molecule has 0 aliphatic carbocycles. The maximum Gasteiger partial charge on any atom is 0.141 e. The van der Waals surface area contributed by atoms with E-state index in [4.69, 9.17) is 17.3 Å². The average Bonchev–Trinajstić information content (AvgIpc) is 2.81. The standard InChI is InChI=1S/C15H17ClFNS/c1-15(2,3)13-7-6-12(19-13)14(18)9-4-5-11(17)10(16)8-9/h4-8,14H,18H2,1-3H3. The van der Waals surface area contributed by atoms with Crippen LogP contribution < -0.4 is 5.73 Å². The zero-order valence-corrected chi connectivity index (χ0v) is 12.8. The minimum absolute atomic E-state index is 0.112. The summed E-state index contributed by atoms with van der Waals surface area (Å²) in [6.07, 6.45) is 0. The van der Waals surface area contributed by atoms with Crippen LogP contribution in [0, 0.1) is 5.82 Å². The van der Waals surface area contributed by atoms with Crippen LogP contribution in [0.15, 0.2) is 30.3 Å². The second-order valence-electron chi connectivity index (χ2n) is 5.60. The Balaban J connectivity index is 2.31. The van der Waals surface area contributed by atoms with E-state index in [0.717, 1.165) is 10.4 Å². The second kappa shape index (κ2) is 5.23. The molecule has 102 valence electrons. The van der Waals surface area contributed by atoms with Crippen LogP contribution in [0.1, 0.15) is 42.1 Å². The van der Waals surface area contributed by atoms with Crippen molar-refractivity contribution in [1.29, 1.82) is 0 Å². The Bertz CT molecular complexity index is 586. The Hall–Kier alpha value is -0.900. The van der Waals surface area contributed by atoms with Gasteiger partial charge in [-0.2, -0.15) is 0 Å². The highest BCUT2D eigenvalue weighted by atomic mass is 35.5. The van der Waals surface area contributed by atoms with Crippen molar-refractivity contribution in [3.8, 4) is 0 Å². The van der Waals surface area contributed by atoms with Crippen molar-refractivity contribution in [1.82, 2.24) is 0 Å². The Kier molecular flexibility index (Phi) is 4.00. The minimum atomic E-state index is -0.417. The van der Waals surface area contributed by atoms with Gasteiger partial charge in [-0.25, -0.2) is 4.39 Å². The van der Waals surface area contributed by atoms with Crippen molar-refractivity contribution < 1.29 is 4.39 Å². The highest BCUT2D eigenvalue weighted by Gasteiger charge is 2.19. The van der Waals surface area contributed by atoms with E-state index in [9.17, 15) is 4.39 Å². The summed E-state index contributed by atoms with van der Waals surface area (Å²) in [6.45, 7) is 6.51. The molecule has 2 N–H and O–H groups in total. The molecular weight excluding hydrogens is 281 g/mol. The number of nitrogens with two attached hydrogens (primary N) is 1. The number of rotatable bonds is 2. The summed E-state index contributed by atoms with van der Waals surface area (Å²) in [5, 5.41) is 0.112. The molecule has 0 saturated heterocycles. The summed E-state index contributed by atoms with van der Waals surface area (Å²) >= 11 is 7.49. The molecule has 0 bridgehead atoms. The molecule has 0 spiro atoms. The molecule has 1 aromatic heterocycles. The molecular formula is C15H17ClFNS. The van der Waals surface area contributed by atoms with Crippen LogP contribution in [-0.2, 0) is 5.41 Å². The average molecular weight is 298 g/mol. The van der Waals surface area contributed by atoms with Crippen LogP contribution in [0.5, 0.6) is 0 Å². The molecule has 2 rings (SSSR count). The van der Waals surface area contributed by atoms with Gasteiger partial charge in [0.25, 0.3) is 0 Å². The van der Waals surface area contributed by atoms with E-state index in [2.05, 4.69) is 26.8 Å². The monoisotopic (exact) mass is 297 g/mol. The lowest BCUT2D eigenvalue weighted by molar-refractivity contribution is 0.604. The first-order valence-electron chi connectivity index (χ1n) is 6.10. The molecule has 0 fully saturated rings. The predicted molar refractivity (Wildman–Crippen MR) is 80.5 cm³/mol. The predicted octanol–water partition coefficient (Wildman–Crippen LogP) is 4.89. The lowest BCUT2D eigenvalue weighted by Gasteiger charge is -2.16. The van der Waals surface area contributed by atoms with Crippen molar-refractivity contribution in [2.75, 3.05) is 0 Å². The van der Waals surface area contributed by atoms with E-state index in [0.29, 0.717) is 0 Å². The van der Waals surface area contributed by atoms with E-state index in [-0.39, 0.29) is 16.5 Å². The minimum Gasteiger partial charge on any atom is -0.320 e. The van der Waals surface area contributed by atoms with E-state index < -0.39 is 5.82 Å². The van der Waals surface area contributed by atoms with Crippen LogP contribution in [0.2, 0.25) is 5.02 Å². The van der Waals surface area contributed by atoms with Crippen LogP contribution in [0.4, 0.5) is 4.39 Å². The van der Waals surface area contributed by atoms with Gasteiger partial charge in [0.15, 0.2) is 0 Å². The van der Waals surface area contributed by atoms with Crippen molar-refractivity contribution in [2.45, 2.75) is 32.2 Å². The van der Waals surface area contributed by atoms with Crippen LogP contribution in [0.25, 0.3) is 0 Å². The number of benzene rings is 1. The first-order valence-corrected chi connectivity index (χ1v) is 7.29. The second-order valence-corrected chi connectivity index (χ2v) is 7.13. The maximum atomic E-state index is 13.2. The Labute approximate surface area is 122 Å². The number of halogens is 2. The molecule has 1 heterocycles. The van der Waals surface area contributed by atoms with Gasteiger partial charge < -0.3 is 5.73 Å². The number of hydrogen-bond acceptors (Lipinski definition) is 2. The van der Waals surface area contributed by atoms with Gasteiger partial charge in [-0.3, -0.25) is 0 Å². The topological polar surface area (TPSA) is 26.0 Å². The zero-order valence-electron chi connectivity index (χ0n) is 11.2. The van der Waals surface area contributed by atoms with Gasteiger partial charge in [0, 0.05) is 9.75 Å². The third-order valence-electron chi connectivity index (χ3n) is 2.98. The van der Waals surface area contributed by atoms with Crippen LogP contribution >= 0.6 is 22.9 Å². The Morgan fingerprint density at radius 1 is 1.21 bits per heavy atom. The maximum absolute atomic E-state index is 13.2. The fourth-order valence-electron chi connectivity index (χ4n) is 1.79. The molecule has 1 unspecified atom stereocenters. The lowest BCUT2D eigenvalue weighted by Crippen LogP contribution is -2.11. The molecule has 0 saturated carbocycles. The highest BCUT2D eigenvalue weighted by molar-refractivity contribution is 7.12. The third kappa shape index (κ3) is 3.16. The summed E-state index contributed by atoms with van der Waals surface area (Å²) in [7, 11) is 0. The lowest BCUT2D eigenvalue weighted by atomic mass is 9.95. The summed E-state index contributed by atoms with van der Waals surface area (Å²) in [5.74, 6) is -0.417. The summed E-state index contributed by atoms with van der Waals surface area (Å²) < 4.78 is 13.2.